The topological polar surface area (TPSA) is 97.2 Å². The zero-order valence-electron chi connectivity index (χ0n) is 14.1. The molecular weight excluding hydrogens is 384 g/mol. The van der Waals surface area contributed by atoms with Gasteiger partial charge in [-0.05, 0) is 25.2 Å². The van der Waals surface area contributed by atoms with Crippen LogP contribution < -0.4 is 10.6 Å². The summed E-state index contributed by atoms with van der Waals surface area (Å²) in [6, 6.07) is 13.9. The summed E-state index contributed by atoms with van der Waals surface area (Å²) in [7, 11) is 0. The van der Waals surface area contributed by atoms with Crippen LogP contribution in [0.2, 0.25) is 0 Å². The van der Waals surface area contributed by atoms with E-state index in [1.165, 1.54) is 29.5 Å². The lowest BCUT2D eigenvalue weighted by Crippen LogP contribution is -2.34. The third kappa shape index (κ3) is 4.52. The van der Waals surface area contributed by atoms with Gasteiger partial charge in [0.15, 0.2) is 10.2 Å². The van der Waals surface area contributed by atoms with Crippen LogP contribution in [0.15, 0.2) is 53.9 Å². The number of carbonyl (C=O) groups excluding carboxylic acids is 1. The highest BCUT2D eigenvalue weighted by atomic mass is 32.1. The van der Waals surface area contributed by atoms with Gasteiger partial charge in [0.1, 0.15) is 0 Å². The second-order valence-corrected chi connectivity index (χ2v) is 6.84. The van der Waals surface area contributed by atoms with E-state index in [-0.39, 0.29) is 16.4 Å². The maximum Gasteiger partial charge on any atom is 0.273 e. The number of rotatable bonds is 4. The Kier molecular flexibility index (Phi) is 5.53. The molecular formula is C18H14N4O3S2. The standard InChI is InChI=1S/C18H14N4O3S2/c1-11-7-8-13(9-15(11)22(24)25)16(23)20-17(26)21-18-19-14(10-27-18)12-5-3-2-4-6-12/h2-10H,1H3,(H2,19,20,21,23,26). The lowest BCUT2D eigenvalue weighted by atomic mass is 10.1. The highest BCUT2D eigenvalue weighted by Crippen LogP contribution is 2.24. The quantitative estimate of drug-likeness (QED) is 0.389. The number of hydrogen-bond donors (Lipinski definition) is 2. The Morgan fingerprint density at radius 2 is 1.96 bits per heavy atom. The summed E-state index contributed by atoms with van der Waals surface area (Å²) < 4.78 is 0. The smallest absolute Gasteiger partial charge is 0.273 e. The van der Waals surface area contributed by atoms with Gasteiger partial charge < -0.3 is 5.32 Å². The fourth-order valence-electron chi connectivity index (χ4n) is 2.32. The van der Waals surface area contributed by atoms with Gasteiger partial charge in [0, 0.05) is 28.1 Å². The molecule has 2 aromatic carbocycles. The zero-order valence-corrected chi connectivity index (χ0v) is 15.8. The molecule has 7 nitrogen and oxygen atoms in total. The summed E-state index contributed by atoms with van der Waals surface area (Å²) in [5, 5.41) is 18.9. The van der Waals surface area contributed by atoms with E-state index in [1.807, 2.05) is 35.7 Å². The molecule has 3 rings (SSSR count). The van der Waals surface area contributed by atoms with E-state index >= 15 is 0 Å². The van der Waals surface area contributed by atoms with Crippen LogP contribution in [-0.2, 0) is 0 Å². The molecule has 0 bridgehead atoms. The molecule has 0 aliphatic rings. The van der Waals surface area contributed by atoms with Crippen molar-refractivity contribution < 1.29 is 9.72 Å². The molecule has 0 radical (unpaired) electrons. The van der Waals surface area contributed by atoms with Crippen molar-refractivity contribution in [1.29, 1.82) is 0 Å². The van der Waals surface area contributed by atoms with Crippen molar-refractivity contribution in [3.63, 3.8) is 0 Å². The molecule has 0 saturated heterocycles. The number of thiazole rings is 1. The van der Waals surface area contributed by atoms with Crippen LogP contribution in [0.1, 0.15) is 15.9 Å². The summed E-state index contributed by atoms with van der Waals surface area (Å²) in [4.78, 5) is 27.2. The number of thiocarbonyl (C=S) groups is 1. The van der Waals surface area contributed by atoms with Gasteiger partial charge in [0.05, 0.1) is 10.6 Å². The minimum absolute atomic E-state index is 0.0668. The number of nitrogens with one attached hydrogen (secondary N) is 2. The molecule has 1 amide bonds. The maximum absolute atomic E-state index is 12.3. The average molecular weight is 398 g/mol. The SMILES string of the molecule is Cc1ccc(C(=O)NC(=S)Nc2nc(-c3ccccc3)cs2)cc1[N+](=O)[O-]. The van der Waals surface area contributed by atoms with Crippen LogP contribution in [-0.4, -0.2) is 20.9 Å². The summed E-state index contributed by atoms with van der Waals surface area (Å²) in [6.07, 6.45) is 0. The predicted octanol–water partition coefficient (Wildman–Crippen LogP) is 4.15. The number of aromatic nitrogens is 1. The summed E-state index contributed by atoms with van der Waals surface area (Å²) in [6.45, 7) is 1.61. The third-order valence-electron chi connectivity index (χ3n) is 3.69. The lowest BCUT2D eigenvalue weighted by Gasteiger charge is -2.07. The van der Waals surface area contributed by atoms with Crippen LogP contribution in [0.5, 0.6) is 0 Å². The van der Waals surface area contributed by atoms with Crippen molar-refractivity contribution in [2.45, 2.75) is 6.92 Å². The van der Waals surface area contributed by atoms with Crippen LogP contribution in [0.25, 0.3) is 11.3 Å². The van der Waals surface area contributed by atoms with Gasteiger partial charge in [0.25, 0.3) is 11.6 Å². The number of amides is 1. The fourth-order valence-corrected chi connectivity index (χ4v) is 3.30. The number of nitro groups is 1. The summed E-state index contributed by atoms with van der Waals surface area (Å²) in [5.41, 5.74) is 2.29. The number of nitro benzene ring substituents is 1. The molecule has 2 N–H and O–H groups in total. The van der Waals surface area contributed by atoms with E-state index in [0.29, 0.717) is 10.7 Å². The highest BCUT2D eigenvalue weighted by Gasteiger charge is 2.16. The molecule has 0 atom stereocenters. The minimum Gasteiger partial charge on any atom is -0.308 e. The van der Waals surface area contributed by atoms with Crippen LogP contribution in [0.3, 0.4) is 0 Å². The van der Waals surface area contributed by atoms with Gasteiger partial charge in [-0.15, -0.1) is 11.3 Å². The molecule has 27 heavy (non-hydrogen) atoms. The molecule has 0 spiro atoms. The molecule has 0 saturated carbocycles. The van der Waals surface area contributed by atoms with E-state index in [0.717, 1.165) is 11.3 Å². The first-order valence-electron chi connectivity index (χ1n) is 7.82. The Labute approximate surface area is 164 Å². The Hall–Kier alpha value is -3.17. The number of hydrogen-bond acceptors (Lipinski definition) is 6. The van der Waals surface area contributed by atoms with Gasteiger partial charge in [0.2, 0.25) is 0 Å². The van der Waals surface area contributed by atoms with Gasteiger partial charge in [-0.3, -0.25) is 20.2 Å². The first-order chi connectivity index (χ1) is 12.9. The van der Waals surface area contributed by atoms with Crippen molar-refractivity contribution >= 4 is 45.4 Å². The molecule has 3 aromatic rings. The number of carbonyl (C=O) groups is 1. The average Bonchev–Trinajstić information content (AvgIpc) is 3.10. The summed E-state index contributed by atoms with van der Waals surface area (Å²) >= 11 is 6.49. The van der Waals surface area contributed by atoms with E-state index in [9.17, 15) is 14.9 Å². The number of aryl methyl sites for hydroxylation is 1. The van der Waals surface area contributed by atoms with E-state index in [2.05, 4.69) is 15.6 Å². The van der Waals surface area contributed by atoms with Gasteiger partial charge >= 0.3 is 0 Å². The molecule has 1 heterocycles. The molecule has 1 aromatic heterocycles. The Morgan fingerprint density at radius 3 is 2.67 bits per heavy atom. The molecule has 9 heteroatoms. The maximum atomic E-state index is 12.3. The monoisotopic (exact) mass is 398 g/mol. The molecule has 0 fully saturated rings. The van der Waals surface area contributed by atoms with E-state index in [1.54, 1.807) is 6.92 Å². The molecule has 0 aliphatic carbocycles. The lowest BCUT2D eigenvalue weighted by molar-refractivity contribution is -0.385. The Morgan fingerprint density at radius 1 is 1.22 bits per heavy atom. The summed E-state index contributed by atoms with van der Waals surface area (Å²) in [5.74, 6) is -0.532. The number of benzene rings is 2. The third-order valence-corrected chi connectivity index (χ3v) is 4.65. The normalized spacial score (nSPS) is 10.3. The highest BCUT2D eigenvalue weighted by molar-refractivity contribution is 7.80. The van der Waals surface area contributed by atoms with Crippen molar-refractivity contribution in [1.82, 2.24) is 10.3 Å². The van der Waals surface area contributed by atoms with Crippen LogP contribution in [0, 0.1) is 17.0 Å². The molecule has 136 valence electrons. The minimum atomic E-state index is -0.532. The van der Waals surface area contributed by atoms with Crippen LogP contribution >= 0.6 is 23.6 Å². The zero-order chi connectivity index (χ0) is 19.4. The number of anilines is 1. The van der Waals surface area contributed by atoms with E-state index in [4.69, 9.17) is 12.2 Å². The fraction of sp³-hybridized carbons (Fsp3) is 0.0556. The first-order valence-corrected chi connectivity index (χ1v) is 9.11. The second-order valence-electron chi connectivity index (χ2n) is 5.57. The van der Waals surface area contributed by atoms with E-state index < -0.39 is 10.8 Å². The van der Waals surface area contributed by atoms with Crippen molar-refractivity contribution in [2.75, 3.05) is 5.32 Å². The second kappa shape index (κ2) is 8.02. The Bertz CT molecular complexity index is 1020. The predicted molar refractivity (Wildman–Crippen MR) is 109 cm³/mol. The van der Waals surface area contributed by atoms with Crippen molar-refractivity contribution in [3.8, 4) is 11.3 Å². The van der Waals surface area contributed by atoms with Crippen molar-refractivity contribution in [3.05, 3.63) is 75.2 Å². The van der Waals surface area contributed by atoms with Gasteiger partial charge in [-0.25, -0.2) is 4.98 Å². The molecule has 0 unspecified atom stereocenters. The molecule has 0 aliphatic heterocycles. The largest absolute Gasteiger partial charge is 0.308 e. The number of nitrogens with zero attached hydrogens (tertiary/aromatic N) is 2. The van der Waals surface area contributed by atoms with Gasteiger partial charge in [-0.1, -0.05) is 36.4 Å². The van der Waals surface area contributed by atoms with Crippen molar-refractivity contribution in [2.24, 2.45) is 0 Å². The first kappa shape index (κ1) is 18.6. The van der Waals surface area contributed by atoms with Gasteiger partial charge in [-0.2, -0.15) is 0 Å². The Balaban J connectivity index is 1.66. The van der Waals surface area contributed by atoms with Crippen LogP contribution in [0.4, 0.5) is 10.8 Å².